The Balaban J connectivity index is 0.000000423. The average molecular weight is 608 g/mol. The van der Waals surface area contributed by atoms with E-state index < -0.39 is 0 Å². The summed E-state index contributed by atoms with van der Waals surface area (Å²) in [5, 5.41) is 3.86. The quantitative estimate of drug-likeness (QED) is 0.239. The van der Waals surface area contributed by atoms with Crippen molar-refractivity contribution in [3.8, 4) is 0 Å². The van der Waals surface area contributed by atoms with Crippen LogP contribution in [0, 0.1) is 0 Å². The Hall–Kier alpha value is 1.29. The van der Waals surface area contributed by atoms with Crippen molar-refractivity contribution in [2.45, 2.75) is -0.0619 Å². The number of hydrogen-bond donors (Lipinski definition) is 1. The molecule has 0 atom stereocenters. The van der Waals surface area contributed by atoms with Crippen LogP contribution < -0.4 is 5.43 Å². The molecule has 0 spiro atoms. The minimum absolute atomic E-state index is 0.743. The van der Waals surface area contributed by atoms with E-state index in [1.165, 1.54) is 0 Å². The Morgan fingerprint density at radius 1 is 1.53 bits per heavy atom. The molecule has 0 aliphatic rings. The lowest BCUT2D eigenvalue weighted by molar-refractivity contribution is 0.907. The summed E-state index contributed by atoms with van der Waals surface area (Å²) in [6.45, 7) is 0. The lowest BCUT2D eigenvalue weighted by Gasteiger charge is -1.94. The fraction of sp³-hybridized carbons (Fsp3) is 0.250. The van der Waals surface area contributed by atoms with Gasteiger partial charge in [0, 0.05) is 29.5 Å². The van der Waals surface area contributed by atoms with Crippen LogP contribution in [0.25, 0.3) is 0 Å². The van der Waals surface area contributed by atoms with E-state index in [1.54, 1.807) is 25.7 Å². The molecule has 0 unspecified atom stereocenters. The van der Waals surface area contributed by atoms with E-state index in [9.17, 15) is 0 Å². The SMILES string of the molecule is CN/N=C\c1cnccc1Br.IC(I)I. The van der Waals surface area contributed by atoms with Crippen molar-refractivity contribution >= 4 is 89.9 Å². The highest BCUT2D eigenvalue weighted by Crippen LogP contribution is 2.16. The second-order valence-corrected chi connectivity index (χ2v) is 13.9. The second kappa shape index (κ2) is 10.4. The summed E-state index contributed by atoms with van der Waals surface area (Å²) >= 11 is 10.3. The number of aromatic nitrogens is 1. The zero-order valence-corrected chi connectivity index (χ0v) is 15.9. The predicted molar refractivity (Wildman–Crippen MR) is 94.4 cm³/mol. The molecule has 0 saturated heterocycles. The van der Waals surface area contributed by atoms with Gasteiger partial charge in [-0.2, -0.15) is 5.10 Å². The smallest absolute Gasteiger partial charge is 0.114 e. The Morgan fingerprint density at radius 3 is 2.60 bits per heavy atom. The van der Waals surface area contributed by atoms with Crippen LogP contribution in [0.5, 0.6) is 0 Å². The van der Waals surface area contributed by atoms with Gasteiger partial charge in [-0.05, 0) is 6.07 Å². The molecular weight excluding hydrogens is 599 g/mol. The van der Waals surface area contributed by atoms with Crippen LogP contribution in [0.4, 0.5) is 0 Å². The van der Waals surface area contributed by atoms with E-state index in [-0.39, 0.29) is 0 Å². The van der Waals surface area contributed by atoms with Crippen molar-refractivity contribution in [3.05, 3.63) is 28.5 Å². The van der Waals surface area contributed by atoms with Crippen molar-refractivity contribution in [3.63, 3.8) is 0 Å². The summed E-state index contributed by atoms with van der Waals surface area (Å²) in [5.74, 6) is 0. The van der Waals surface area contributed by atoms with Crippen molar-refractivity contribution in [2.24, 2.45) is 5.10 Å². The summed E-state index contributed by atoms with van der Waals surface area (Å²) in [7, 11) is 1.75. The van der Waals surface area contributed by atoms with Crippen LogP contribution in [0.15, 0.2) is 28.0 Å². The minimum atomic E-state index is 0.743. The first-order valence-electron chi connectivity index (χ1n) is 3.79. The molecule has 1 N–H and O–H groups in total. The number of nitrogens with zero attached hydrogens (tertiary/aromatic N) is 2. The molecule has 15 heavy (non-hydrogen) atoms. The third-order valence-electron chi connectivity index (χ3n) is 1.13. The van der Waals surface area contributed by atoms with Crippen LogP contribution in [0.3, 0.4) is 0 Å². The van der Waals surface area contributed by atoms with Gasteiger partial charge in [-0.25, -0.2) is 0 Å². The lowest BCUT2D eigenvalue weighted by atomic mass is 10.3. The zero-order chi connectivity index (χ0) is 11.7. The van der Waals surface area contributed by atoms with Crippen LogP contribution in [-0.2, 0) is 0 Å². The molecule has 1 heterocycles. The van der Waals surface area contributed by atoms with E-state index in [4.69, 9.17) is 0 Å². The normalized spacial score (nSPS) is 10.0. The molecule has 3 nitrogen and oxygen atoms in total. The van der Waals surface area contributed by atoms with Crippen LogP contribution in [0.2, 0.25) is 0 Å². The van der Waals surface area contributed by atoms with Crippen molar-refractivity contribution in [1.29, 1.82) is 0 Å². The van der Waals surface area contributed by atoms with Gasteiger partial charge in [0.25, 0.3) is 0 Å². The Morgan fingerprint density at radius 2 is 2.13 bits per heavy atom. The third-order valence-corrected chi connectivity index (χ3v) is 1.85. The highest BCUT2D eigenvalue weighted by molar-refractivity contribution is 14.3. The average Bonchev–Trinajstić information content (AvgIpc) is 2.16. The van der Waals surface area contributed by atoms with E-state index >= 15 is 0 Å². The van der Waals surface area contributed by atoms with Crippen molar-refractivity contribution < 1.29 is 0 Å². The summed E-state index contributed by atoms with van der Waals surface area (Å²) < 4.78 is 1.74. The first kappa shape index (κ1) is 16.3. The summed E-state index contributed by atoms with van der Waals surface area (Å²) in [4.78, 5) is 3.95. The highest BCUT2D eigenvalue weighted by atomic mass is 127. The molecule has 1 aromatic heterocycles. The van der Waals surface area contributed by atoms with Gasteiger partial charge in [0.05, 0.1) is 6.21 Å². The van der Waals surface area contributed by atoms with Crippen LogP contribution >= 0.6 is 83.7 Å². The predicted octanol–water partition coefficient (Wildman–Crippen LogP) is 3.97. The largest absolute Gasteiger partial charge is 0.313 e. The van der Waals surface area contributed by atoms with Gasteiger partial charge < -0.3 is 5.43 Å². The van der Waals surface area contributed by atoms with E-state index in [2.05, 4.69) is 99.2 Å². The van der Waals surface area contributed by atoms with Gasteiger partial charge in [-0.15, -0.1) is 0 Å². The summed E-state index contributed by atoms with van der Waals surface area (Å²) in [6, 6.07) is 1.87. The highest BCUT2D eigenvalue weighted by Gasteiger charge is 1.92. The number of rotatable bonds is 2. The molecule has 0 aliphatic heterocycles. The topological polar surface area (TPSA) is 37.3 Å². The number of hydrogen-bond acceptors (Lipinski definition) is 3. The molecule has 1 aromatic rings. The maximum Gasteiger partial charge on any atom is 0.114 e. The van der Waals surface area contributed by atoms with Crippen molar-refractivity contribution in [2.75, 3.05) is 7.05 Å². The van der Waals surface area contributed by atoms with E-state index in [1.807, 2.05) is 6.07 Å². The van der Waals surface area contributed by atoms with Gasteiger partial charge in [-0.1, -0.05) is 83.7 Å². The molecule has 0 amide bonds. The van der Waals surface area contributed by atoms with Gasteiger partial charge in [-0.3, -0.25) is 4.98 Å². The molecule has 1 rings (SSSR count). The second-order valence-electron chi connectivity index (χ2n) is 2.13. The molecule has 0 aromatic carbocycles. The van der Waals surface area contributed by atoms with Crippen LogP contribution in [0.1, 0.15) is 5.56 Å². The fourth-order valence-corrected chi connectivity index (χ4v) is 0.942. The van der Waals surface area contributed by atoms with E-state index in [0.717, 1.165) is 9.97 Å². The standard InChI is InChI=1S/C7H8BrN3.CHI3/c1-9-11-5-6-4-10-3-2-7(6)8;2-1(3)4/h2-5,9H,1H3;1H/b11-5-;. The van der Waals surface area contributed by atoms with Gasteiger partial charge in [0.1, 0.15) is -0.0619 Å². The Kier molecular flexibility index (Phi) is 11.3. The number of pyridine rings is 1. The molecule has 0 fully saturated rings. The maximum atomic E-state index is 3.95. The van der Waals surface area contributed by atoms with Gasteiger partial charge in [0.2, 0.25) is 0 Å². The molecule has 0 radical (unpaired) electrons. The number of halogens is 4. The number of hydrazone groups is 1. The minimum Gasteiger partial charge on any atom is -0.313 e. The number of alkyl halides is 3. The molecule has 84 valence electrons. The fourth-order valence-electron chi connectivity index (χ4n) is 0.619. The Labute approximate surface area is 139 Å². The van der Waals surface area contributed by atoms with E-state index in [0.29, 0.717) is 0 Å². The molecule has 7 heteroatoms. The molecular formula is C8H9BrI3N3. The molecule has 0 aliphatic carbocycles. The van der Waals surface area contributed by atoms with Gasteiger partial charge >= 0.3 is 0 Å². The molecule has 0 saturated carbocycles. The molecule has 0 bridgehead atoms. The van der Waals surface area contributed by atoms with Gasteiger partial charge in [0.15, 0.2) is 0 Å². The van der Waals surface area contributed by atoms with Crippen molar-refractivity contribution in [1.82, 2.24) is 10.4 Å². The van der Waals surface area contributed by atoms with Crippen LogP contribution in [-0.4, -0.2) is 18.2 Å². The first-order valence-corrected chi connectivity index (χ1v) is 8.32. The first-order chi connectivity index (χ1) is 7.07. The summed E-state index contributed by atoms with van der Waals surface area (Å²) in [6.07, 6.45) is 5.17. The maximum absolute atomic E-state index is 3.95. The Bertz CT molecular complexity index is 304. The summed E-state index contributed by atoms with van der Waals surface area (Å²) in [5.41, 5.74) is 3.62. The lowest BCUT2D eigenvalue weighted by Crippen LogP contribution is -1.95. The monoisotopic (exact) mass is 607 g/mol. The zero-order valence-electron chi connectivity index (χ0n) is 7.79. The number of nitrogens with one attached hydrogen (secondary N) is 1. The third kappa shape index (κ3) is 10.2.